The highest BCUT2D eigenvalue weighted by atomic mass is 16.3. The number of aliphatic hydroxyl groups is 1. The molecule has 27 heavy (non-hydrogen) atoms. The molecule has 1 amide bonds. The Balaban J connectivity index is 2.40. The molecule has 0 unspecified atom stereocenters. The average molecular weight is 371 g/mol. The molecule has 2 rings (SSSR count). The van der Waals surface area contributed by atoms with E-state index in [1.165, 1.54) is 0 Å². The zero-order chi connectivity index (χ0) is 20.2. The third-order valence-corrected chi connectivity index (χ3v) is 5.17. The Kier molecular flexibility index (Phi) is 7.01. The molecule has 148 valence electrons. The Morgan fingerprint density at radius 1 is 1.07 bits per heavy atom. The highest BCUT2D eigenvalue weighted by Gasteiger charge is 2.35. The number of fused-ring (bicyclic) bond motifs is 1. The van der Waals surface area contributed by atoms with E-state index >= 15 is 0 Å². The van der Waals surface area contributed by atoms with E-state index in [-0.39, 0.29) is 23.9 Å². The van der Waals surface area contributed by atoms with Crippen LogP contribution in [0.15, 0.2) is 42.5 Å². The SMILES string of the molecule is CCN(CC)C(=O)[C@@H](N[C@H](c1ccc2ccccc2c1)C(C)(C)O)C(C)C. The summed E-state index contributed by atoms with van der Waals surface area (Å²) in [4.78, 5) is 14.9. The second kappa shape index (κ2) is 8.85. The molecule has 0 radical (unpaired) electrons. The topological polar surface area (TPSA) is 52.6 Å². The van der Waals surface area contributed by atoms with Crippen molar-refractivity contribution in [2.24, 2.45) is 5.92 Å². The van der Waals surface area contributed by atoms with Gasteiger partial charge in [0.2, 0.25) is 5.91 Å². The van der Waals surface area contributed by atoms with Crippen LogP contribution in [0.3, 0.4) is 0 Å². The highest BCUT2D eigenvalue weighted by Crippen LogP contribution is 2.29. The standard InChI is InChI=1S/C23H34N2O2/c1-7-25(8-2)22(26)20(16(3)4)24-21(23(5,6)27)19-14-13-17-11-9-10-12-18(17)15-19/h9-16,20-21,24,27H,7-8H2,1-6H3/t20-,21+/m0/s1. The van der Waals surface area contributed by atoms with Gasteiger partial charge < -0.3 is 10.0 Å². The quantitative estimate of drug-likeness (QED) is 0.734. The molecule has 0 spiro atoms. The summed E-state index contributed by atoms with van der Waals surface area (Å²) in [6.45, 7) is 13.0. The molecule has 0 saturated carbocycles. The molecular formula is C23H34N2O2. The lowest BCUT2D eigenvalue weighted by molar-refractivity contribution is -0.135. The minimum absolute atomic E-state index is 0.0880. The van der Waals surface area contributed by atoms with Crippen molar-refractivity contribution >= 4 is 16.7 Å². The molecule has 2 aromatic carbocycles. The number of benzene rings is 2. The monoisotopic (exact) mass is 370 g/mol. The van der Waals surface area contributed by atoms with E-state index in [1.807, 2.05) is 50.8 Å². The van der Waals surface area contributed by atoms with E-state index in [1.54, 1.807) is 13.8 Å². The van der Waals surface area contributed by atoms with Gasteiger partial charge in [-0.1, -0.05) is 50.2 Å². The number of likely N-dealkylation sites (N-methyl/N-ethyl adjacent to an activating group) is 1. The van der Waals surface area contributed by atoms with Crippen molar-refractivity contribution in [3.05, 3.63) is 48.0 Å². The maximum atomic E-state index is 13.0. The van der Waals surface area contributed by atoms with Crippen LogP contribution in [0.2, 0.25) is 0 Å². The predicted molar refractivity (Wildman–Crippen MR) is 113 cm³/mol. The summed E-state index contributed by atoms with van der Waals surface area (Å²) in [5.41, 5.74) is -0.0294. The Morgan fingerprint density at radius 2 is 1.67 bits per heavy atom. The van der Waals surface area contributed by atoms with Gasteiger partial charge in [0, 0.05) is 13.1 Å². The summed E-state index contributed by atoms with van der Waals surface area (Å²) in [5.74, 6) is 0.202. The zero-order valence-corrected chi connectivity index (χ0v) is 17.5. The molecule has 0 saturated heterocycles. The highest BCUT2D eigenvalue weighted by molar-refractivity contribution is 5.84. The molecule has 0 aliphatic heterocycles. The van der Waals surface area contributed by atoms with Crippen molar-refractivity contribution in [2.75, 3.05) is 13.1 Å². The Labute approximate surface area is 163 Å². The Bertz CT molecular complexity index is 760. The smallest absolute Gasteiger partial charge is 0.239 e. The van der Waals surface area contributed by atoms with Crippen molar-refractivity contribution in [3.63, 3.8) is 0 Å². The Morgan fingerprint density at radius 3 is 2.19 bits per heavy atom. The van der Waals surface area contributed by atoms with E-state index in [0.717, 1.165) is 16.3 Å². The maximum Gasteiger partial charge on any atom is 0.239 e. The first-order valence-electron chi connectivity index (χ1n) is 9.94. The van der Waals surface area contributed by atoms with Gasteiger partial charge in [-0.2, -0.15) is 0 Å². The van der Waals surface area contributed by atoms with Crippen molar-refractivity contribution in [2.45, 2.75) is 59.2 Å². The van der Waals surface area contributed by atoms with E-state index in [4.69, 9.17) is 0 Å². The summed E-state index contributed by atoms with van der Waals surface area (Å²) in [7, 11) is 0. The van der Waals surface area contributed by atoms with Crippen LogP contribution in [-0.4, -0.2) is 40.6 Å². The fraction of sp³-hybridized carbons (Fsp3) is 0.522. The van der Waals surface area contributed by atoms with Crippen LogP contribution in [0.25, 0.3) is 10.8 Å². The van der Waals surface area contributed by atoms with Crippen LogP contribution in [0.1, 0.15) is 53.1 Å². The van der Waals surface area contributed by atoms with Crippen LogP contribution in [0, 0.1) is 5.92 Å². The molecule has 2 atom stereocenters. The first-order chi connectivity index (χ1) is 12.7. The van der Waals surface area contributed by atoms with Gasteiger partial charge in [-0.25, -0.2) is 0 Å². The molecule has 0 aromatic heterocycles. The fourth-order valence-electron chi connectivity index (χ4n) is 3.56. The summed E-state index contributed by atoms with van der Waals surface area (Å²) in [6.07, 6.45) is 0. The molecule has 0 bridgehead atoms. The van der Waals surface area contributed by atoms with E-state index in [9.17, 15) is 9.90 Å². The van der Waals surface area contributed by atoms with Gasteiger partial charge in [0.25, 0.3) is 0 Å². The number of rotatable bonds is 8. The van der Waals surface area contributed by atoms with Crippen molar-refractivity contribution < 1.29 is 9.90 Å². The van der Waals surface area contributed by atoms with Crippen LogP contribution in [0.5, 0.6) is 0 Å². The van der Waals surface area contributed by atoms with E-state index in [2.05, 4.69) is 29.6 Å². The number of hydrogen-bond acceptors (Lipinski definition) is 3. The second-order valence-corrected chi connectivity index (χ2v) is 8.09. The lowest BCUT2D eigenvalue weighted by atomic mass is 9.88. The summed E-state index contributed by atoms with van der Waals surface area (Å²) >= 11 is 0. The van der Waals surface area contributed by atoms with Crippen molar-refractivity contribution in [1.29, 1.82) is 0 Å². The number of amides is 1. The van der Waals surface area contributed by atoms with Crippen LogP contribution in [0.4, 0.5) is 0 Å². The van der Waals surface area contributed by atoms with Gasteiger partial charge in [-0.05, 0) is 56.0 Å². The second-order valence-electron chi connectivity index (χ2n) is 8.09. The number of nitrogens with zero attached hydrogens (tertiary/aromatic N) is 1. The minimum atomic E-state index is -1.01. The fourth-order valence-corrected chi connectivity index (χ4v) is 3.56. The third kappa shape index (κ3) is 5.08. The lowest BCUT2D eigenvalue weighted by Crippen LogP contribution is -2.53. The van der Waals surface area contributed by atoms with Crippen LogP contribution >= 0.6 is 0 Å². The van der Waals surface area contributed by atoms with Gasteiger partial charge in [-0.3, -0.25) is 10.1 Å². The van der Waals surface area contributed by atoms with Gasteiger partial charge in [-0.15, -0.1) is 0 Å². The summed E-state index contributed by atoms with van der Waals surface area (Å²) in [5, 5.41) is 16.7. The van der Waals surface area contributed by atoms with E-state index < -0.39 is 5.60 Å². The number of hydrogen-bond donors (Lipinski definition) is 2. The summed E-state index contributed by atoms with van der Waals surface area (Å²) < 4.78 is 0. The predicted octanol–water partition coefficient (Wildman–Crippen LogP) is 4.13. The normalized spacial score (nSPS) is 14.4. The lowest BCUT2D eigenvalue weighted by Gasteiger charge is -2.37. The molecule has 0 heterocycles. The van der Waals surface area contributed by atoms with Gasteiger partial charge in [0.15, 0.2) is 0 Å². The van der Waals surface area contributed by atoms with Gasteiger partial charge in [0.05, 0.1) is 17.7 Å². The number of carbonyl (C=O) groups is 1. The molecule has 0 aliphatic rings. The molecule has 0 fully saturated rings. The van der Waals surface area contributed by atoms with Gasteiger partial charge >= 0.3 is 0 Å². The van der Waals surface area contributed by atoms with Crippen LogP contribution < -0.4 is 5.32 Å². The zero-order valence-electron chi connectivity index (χ0n) is 17.5. The first-order valence-corrected chi connectivity index (χ1v) is 9.94. The van der Waals surface area contributed by atoms with E-state index in [0.29, 0.717) is 13.1 Å². The van der Waals surface area contributed by atoms with Gasteiger partial charge in [0.1, 0.15) is 0 Å². The largest absolute Gasteiger partial charge is 0.388 e. The Hall–Kier alpha value is -1.91. The summed E-state index contributed by atoms with van der Waals surface area (Å²) in [6, 6.07) is 13.7. The van der Waals surface area contributed by atoms with Crippen molar-refractivity contribution in [1.82, 2.24) is 10.2 Å². The van der Waals surface area contributed by atoms with Crippen LogP contribution in [-0.2, 0) is 4.79 Å². The van der Waals surface area contributed by atoms with Crippen molar-refractivity contribution in [3.8, 4) is 0 Å². The molecule has 4 heteroatoms. The third-order valence-electron chi connectivity index (χ3n) is 5.17. The minimum Gasteiger partial charge on any atom is -0.388 e. The maximum absolute atomic E-state index is 13.0. The number of carbonyl (C=O) groups excluding carboxylic acids is 1. The molecule has 4 nitrogen and oxygen atoms in total. The molecular weight excluding hydrogens is 336 g/mol. The molecule has 0 aliphatic carbocycles. The average Bonchev–Trinajstić information content (AvgIpc) is 2.61. The molecule has 2 aromatic rings. The first kappa shape index (κ1) is 21.4. The number of nitrogens with one attached hydrogen (secondary N) is 1. The molecule has 2 N–H and O–H groups in total.